The van der Waals surface area contributed by atoms with Crippen LogP contribution in [0.3, 0.4) is 0 Å². The summed E-state index contributed by atoms with van der Waals surface area (Å²) in [7, 11) is 1.30. The SMILES string of the molecule is C[N-]C(=O)C(C)=O.[Y+3]. The van der Waals surface area contributed by atoms with Gasteiger partial charge in [-0.25, -0.2) is 0 Å². The fraction of sp³-hybridized carbons (Fsp3) is 0.500. The molecule has 0 aliphatic carbocycles. The van der Waals surface area contributed by atoms with Crippen molar-refractivity contribution in [2.24, 2.45) is 0 Å². The molecule has 0 spiro atoms. The molecule has 8 heavy (non-hydrogen) atoms. The van der Waals surface area contributed by atoms with E-state index in [1.807, 2.05) is 0 Å². The van der Waals surface area contributed by atoms with Crippen LogP contribution in [0.2, 0.25) is 0 Å². The predicted molar refractivity (Wildman–Crippen MR) is 25.0 cm³/mol. The Bertz CT molecular complexity index is 102. The van der Waals surface area contributed by atoms with Gasteiger partial charge in [-0.05, 0) is 0 Å². The molecule has 0 aliphatic rings. The monoisotopic (exact) mass is 189 g/mol. The van der Waals surface area contributed by atoms with Crippen LogP contribution >= 0.6 is 0 Å². The van der Waals surface area contributed by atoms with Crippen LogP contribution in [0.5, 0.6) is 0 Å². The zero-order chi connectivity index (χ0) is 5.86. The largest absolute Gasteiger partial charge is 3.00 e. The van der Waals surface area contributed by atoms with Gasteiger partial charge >= 0.3 is 32.7 Å². The summed E-state index contributed by atoms with van der Waals surface area (Å²) < 4.78 is 0. The zero-order valence-electron chi connectivity index (χ0n) is 4.84. The fourth-order valence-electron chi connectivity index (χ4n) is 0.157. The first-order valence-corrected chi connectivity index (χ1v) is 1.83. The standard InChI is InChI=1S/C4H7NO2.Y/c1-3(6)4(7)5-2;/h1-2H3,(H,5,7);/q;+3/p-1. The Labute approximate surface area is 73.1 Å². The Morgan fingerprint density at radius 2 is 1.75 bits per heavy atom. The number of nitrogens with zero attached hydrogens (tertiary/aromatic N) is 1. The number of carbonyl (C=O) groups excluding carboxylic acids is 2. The van der Waals surface area contributed by atoms with E-state index in [-0.39, 0.29) is 32.7 Å². The van der Waals surface area contributed by atoms with Gasteiger partial charge in [0.15, 0.2) is 5.78 Å². The minimum atomic E-state index is -0.667. The van der Waals surface area contributed by atoms with Gasteiger partial charge in [0, 0.05) is 6.92 Å². The van der Waals surface area contributed by atoms with Crippen LogP contribution < -0.4 is 0 Å². The number of carbonyl (C=O) groups is 2. The quantitative estimate of drug-likeness (QED) is 0.549. The number of hydrogen-bond donors (Lipinski definition) is 0. The van der Waals surface area contributed by atoms with E-state index in [1.54, 1.807) is 0 Å². The van der Waals surface area contributed by atoms with E-state index in [9.17, 15) is 9.59 Å². The fourth-order valence-corrected chi connectivity index (χ4v) is 0.157. The molecule has 0 heterocycles. The minimum absolute atomic E-state index is 0. The summed E-state index contributed by atoms with van der Waals surface area (Å²) in [5, 5.41) is 3.10. The topological polar surface area (TPSA) is 48.2 Å². The minimum Gasteiger partial charge on any atom is -0.649 e. The number of rotatable bonds is 1. The molecule has 0 atom stereocenters. The Balaban J connectivity index is 0. The molecular weight excluding hydrogens is 183 g/mol. The van der Waals surface area contributed by atoms with Gasteiger partial charge < -0.3 is 10.1 Å². The van der Waals surface area contributed by atoms with Crippen LogP contribution in [-0.2, 0) is 42.3 Å². The average molecular weight is 189 g/mol. The van der Waals surface area contributed by atoms with Gasteiger partial charge in [0.1, 0.15) is 5.91 Å². The second-order valence-electron chi connectivity index (χ2n) is 1.08. The van der Waals surface area contributed by atoms with E-state index in [2.05, 4.69) is 5.32 Å². The number of hydrogen-bond acceptors (Lipinski definition) is 2. The average Bonchev–Trinajstić information content (AvgIpc) is 1.65. The van der Waals surface area contributed by atoms with Crippen LogP contribution in [0.25, 0.3) is 5.32 Å². The van der Waals surface area contributed by atoms with E-state index in [0.717, 1.165) is 0 Å². The van der Waals surface area contributed by atoms with Crippen molar-refractivity contribution in [3.05, 3.63) is 5.32 Å². The maximum absolute atomic E-state index is 10.00. The molecule has 0 bridgehead atoms. The van der Waals surface area contributed by atoms with Gasteiger partial charge in [-0.2, -0.15) is 0 Å². The van der Waals surface area contributed by atoms with Crippen LogP contribution in [0, 0.1) is 0 Å². The molecule has 4 heteroatoms. The van der Waals surface area contributed by atoms with Gasteiger partial charge in [0.2, 0.25) is 0 Å². The van der Waals surface area contributed by atoms with Crippen molar-refractivity contribution in [3.8, 4) is 0 Å². The molecule has 0 unspecified atom stereocenters. The molecule has 3 nitrogen and oxygen atoms in total. The van der Waals surface area contributed by atoms with Gasteiger partial charge in [0.05, 0.1) is 0 Å². The third-order valence-electron chi connectivity index (χ3n) is 0.504. The summed E-state index contributed by atoms with van der Waals surface area (Å²) in [6.07, 6.45) is 0. The van der Waals surface area contributed by atoms with Crippen molar-refractivity contribution in [3.63, 3.8) is 0 Å². The smallest absolute Gasteiger partial charge is 0.649 e. The first-order chi connectivity index (χ1) is 3.18. The summed E-state index contributed by atoms with van der Waals surface area (Å²) >= 11 is 0. The van der Waals surface area contributed by atoms with Crippen molar-refractivity contribution >= 4 is 11.7 Å². The van der Waals surface area contributed by atoms with Crippen LogP contribution in [-0.4, -0.2) is 18.7 Å². The molecule has 1 amide bonds. The van der Waals surface area contributed by atoms with Crippen molar-refractivity contribution in [2.45, 2.75) is 6.92 Å². The first kappa shape index (κ1) is 11.1. The normalized spacial score (nSPS) is 6.75. The molecule has 0 fully saturated rings. The summed E-state index contributed by atoms with van der Waals surface area (Å²) in [5.41, 5.74) is 0. The van der Waals surface area contributed by atoms with E-state index in [0.29, 0.717) is 0 Å². The van der Waals surface area contributed by atoms with Crippen molar-refractivity contribution in [1.29, 1.82) is 0 Å². The van der Waals surface area contributed by atoms with E-state index in [4.69, 9.17) is 0 Å². The van der Waals surface area contributed by atoms with Crippen LogP contribution in [0.4, 0.5) is 0 Å². The zero-order valence-corrected chi connectivity index (χ0v) is 7.68. The predicted octanol–water partition coefficient (Wildman–Crippen LogP) is 0.103. The van der Waals surface area contributed by atoms with Crippen LogP contribution in [0.1, 0.15) is 6.92 Å². The van der Waals surface area contributed by atoms with Crippen molar-refractivity contribution < 1.29 is 42.3 Å². The molecular formula is C4H6NO2Y+2. The third-order valence-corrected chi connectivity index (χ3v) is 0.504. The number of amides is 1. The third kappa shape index (κ3) is 4.40. The van der Waals surface area contributed by atoms with Crippen LogP contribution in [0.15, 0.2) is 0 Å². The maximum atomic E-state index is 10.00. The van der Waals surface area contributed by atoms with Crippen molar-refractivity contribution in [2.75, 3.05) is 7.05 Å². The number of likely N-dealkylation sites (N-methyl/N-ethyl adjacent to an activating group) is 1. The molecule has 0 aliphatic heterocycles. The molecule has 0 saturated heterocycles. The number of ketones is 1. The van der Waals surface area contributed by atoms with E-state index < -0.39 is 11.7 Å². The van der Waals surface area contributed by atoms with E-state index in [1.165, 1.54) is 14.0 Å². The molecule has 0 aromatic rings. The molecule has 0 radical (unpaired) electrons. The summed E-state index contributed by atoms with van der Waals surface area (Å²) in [6.45, 7) is 1.19. The molecule has 0 N–H and O–H groups in total. The molecule has 0 rings (SSSR count). The van der Waals surface area contributed by atoms with Crippen molar-refractivity contribution in [1.82, 2.24) is 0 Å². The Morgan fingerprint density at radius 1 is 1.38 bits per heavy atom. The molecule has 0 aromatic heterocycles. The van der Waals surface area contributed by atoms with Gasteiger partial charge in [-0.3, -0.25) is 4.79 Å². The molecule has 40 valence electrons. The van der Waals surface area contributed by atoms with Gasteiger partial charge in [0.25, 0.3) is 0 Å². The second kappa shape index (κ2) is 5.38. The Kier molecular flexibility index (Phi) is 7.46. The summed E-state index contributed by atoms with van der Waals surface area (Å²) in [5.74, 6) is -1.18. The second-order valence-corrected chi connectivity index (χ2v) is 1.08. The summed E-state index contributed by atoms with van der Waals surface area (Å²) in [6, 6.07) is 0. The number of Topliss-reactive ketones (excluding diaryl/α,β-unsaturated/α-hetero) is 1. The van der Waals surface area contributed by atoms with Gasteiger partial charge in [-0.1, -0.05) is 0 Å². The van der Waals surface area contributed by atoms with E-state index >= 15 is 0 Å². The first-order valence-electron chi connectivity index (χ1n) is 1.83. The van der Waals surface area contributed by atoms with Gasteiger partial charge in [-0.15, -0.1) is 7.05 Å². The Hall–Kier alpha value is 0.244. The summed E-state index contributed by atoms with van der Waals surface area (Å²) in [4.78, 5) is 19.9. The molecule has 0 saturated carbocycles. The maximum Gasteiger partial charge on any atom is 3.00 e. The molecule has 0 aromatic carbocycles. The Morgan fingerprint density at radius 3 is 1.75 bits per heavy atom.